The van der Waals surface area contributed by atoms with Gasteiger partial charge in [-0.1, -0.05) is 24.3 Å². The van der Waals surface area contributed by atoms with Crippen molar-refractivity contribution in [2.24, 2.45) is 0 Å². The van der Waals surface area contributed by atoms with E-state index in [4.69, 9.17) is 4.74 Å². The zero-order valence-electron chi connectivity index (χ0n) is 9.03. The van der Waals surface area contributed by atoms with Crippen LogP contribution in [0, 0.1) is 0 Å². The second-order valence-electron chi connectivity index (χ2n) is 3.20. The first-order chi connectivity index (χ1) is 7.29. The first-order valence-electron chi connectivity index (χ1n) is 5.15. The van der Waals surface area contributed by atoms with Crippen LogP contribution < -0.4 is 0 Å². The number of aryl methyl sites for hydroxylation is 1. The highest BCUT2D eigenvalue weighted by atomic mass is 16.5. The van der Waals surface area contributed by atoms with Gasteiger partial charge in [0, 0.05) is 0 Å². The lowest BCUT2D eigenvalue weighted by Crippen LogP contribution is -2.07. The highest BCUT2D eigenvalue weighted by molar-refractivity contribution is 5.91. The summed E-state index contributed by atoms with van der Waals surface area (Å²) in [5.41, 5.74) is 1.69. The average molecular weight is 204 g/mol. The van der Waals surface area contributed by atoms with Crippen molar-refractivity contribution in [2.45, 2.75) is 19.8 Å². The predicted molar refractivity (Wildman–Crippen MR) is 60.9 cm³/mol. The minimum absolute atomic E-state index is 0.239. The van der Waals surface area contributed by atoms with E-state index in [1.807, 2.05) is 31.2 Å². The van der Waals surface area contributed by atoms with Crippen LogP contribution in [0.2, 0.25) is 0 Å². The Balaban J connectivity index is 2.85. The number of rotatable bonds is 5. The third-order valence-electron chi connectivity index (χ3n) is 2.13. The monoisotopic (exact) mass is 204 g/mol. The minimum atomic E-state index is -0.239. The fourth-order valence-electron chi connectivity index (χ4n) is 1.40. The smallest absolute Gasteiger partial charge is 0.338 e. The molecule has 2 heteroatoms. The van der Waals surface area contributed by atoms with E-state index in [0.717, 1.165) is 18.4 Å². The molecule has 15 heavy (non-hydrogen) atoms. The van der Waals surface area contributed by atoms with Gasteiger partial charge in [-0.25, -0.2) is 4.79 Å². The largest absolute Gasteiger partial charge is 0.462 e. The Labute approximate surface area is 90.6 Å². The standard InChI is InChI=1S/C13H16O2/c1-3-5-8-11-9-6-7-10-12(11)13(14)15-4-2/h3,6-7,9-10H,1,4-5,8H2,2H3. The Bertz CT molecular complexity index is 342. The number of carbonyl (C=O) groups is 1. The molecule has 1 aromatic carbocycles. The zero-order chi connectivity index (χ0) is 11.1. The van der Waals surface area contributed by atoms with E-state index in [-0.39, 0.29) is 5.97 Å². The van der Waals surface area contributed by atoms with Crippen molar-refractivity contribution < 1.29 is 9.53 Å². The number of ether oxygens (including phenoxy) is 1. The minimum Gasteiger partial charge on any atom is -0.462 e. The molecule has 0 N–H and O–H groups in total. The van der Waals surface area contributed by atoms with Gasteiger partial charge in [0.25, 0.3) is 0 Å². The normalized spacial score (nSPS) is 9.67. The maximum Gasteiger partial charge on any atom is 0.338 e. The number of esters is 1. The van der Waals surface area contributed by atoms with Crippen molar-refractivity contribution in [2.75, 3.05) is 6.61 Å². The van der Waals surface area contributed by atoms with Gasteiger partial charge in [0.1, 0.15) is 0 Å². The van der Waals surface area contributed by atoms with Gasteiger partial charge in [-0.2, -0.15) is 0 Å². The predicted octanol–water partition coefficient (Wildman–Crippen LogP) is 2.98. The van der Waals surface area contributed by atoms with Crippen LogP contribution in [0.4, 0.5) is 0 Å². The molecule has 0 bridgehead atoms. The van der Waals surface area contributed by atoms with E-state index in [9.17, 15) is 4.79 Å². The van der Waals surface area contributed by atoms with Crippen LogP contribution in [0.3, 0.4) is 0 Å². The van der Waals surface area contributed by atoms with Gasteiger partial charge in [-0.3, -0.25) is 0 Å². The molecule has 0 aromatic heterocycles. The quantitative estimate of drug-likeness (QED) is 0.544. The molecule has 0 aliphatic rings. The van der Waals surface area contributed by atoms with Crippen LogP contribution in [0.25, 0.3) is 0 Å². The van der Waals surface area contributed by atoms with Gasteiger partial charge in [0.2, 0.25) is 0 Å². The van der Waals surface area contributed by atoms with Crippen LogP contribution in [-0.4, -0.2) is 12.6 Å². The van der Waals surface area contributed by atoms with Crippen LogP contribution in [-0.2, 0) is 11.2 Å². The number of allylic oxidation sites excluding steroid dienone is 1. The average Bonchev–Trinajstić information content (AvgIpc) is 2.27. The van der Waals surface area contributed by atoms with Crippen molar-refractivity contribution in [3.05, 3.63) is 48.0 Å². The molecule has 0 saturated heterocycles. The molecule has 0 atom stereocenters. The molecule has 0 spiro atoms. The molecule has 1 rings (SSSR count). The molecule has 0 unspecified atom stereocenters. The number of hydrogen-bond donors (Lipinski definition) is 0. The zero-order valence-corrected chi connectivity index (χ0v) is 9.03. The van der Waals surface area contributed by atoms with Gasteiger partial charge in [0.15, 0.2) is 0 Å². The van der Waals surface area contributed by atoms with Gasteiger partial charge in [0.05, 0.1) is 12.2 Å². The lowest BCUT2D eigenvalue weighted by molar-refractivity contribution is 0.0525. The van der Waals surface area contributed by atoms with E-state index >= 15 is 0 Å². The highest BCUT2D eigenvalue weighted by Gasteiger charge is 2.10. The van der Waals surface area contributed by atoms with Crippen LogP contribution in [0.15, 0.2) is 36.9 Å². The third kappa shape index (κ3) is 3.24. The summed E-state index contributed by atoms with van der Waals surface area (Å²) in [4.78, 5) is 11.6. The van der Waals surface area contributed by atoms with E-state index in [1.165, 1.54) is 0 Å². The topological polar surface area (TPSA) is 26.3 Å². The summed E-state index contributed by atoms with van der Waals surface area (Å²) in [6.07, 6.45) is 3.55. The summed E-state index contributed by atoms with van der Waals surface area (Å²) in [5, 5.41) is 0. The molecule has 0 fully saturated rings. The molecule has 0 aliphatic carbocycles. The van der Waals surface area contributed by atoms with Crippen molar-refractivity contribution in [3.8, 4) is 0 Å². The molecule has 1 aromatic rings. The highest BCUT2D eigenvalue weighted by Crippen LogP contribution is 2.12. The summed E-state index contributed by atoms with van der Waals surface area (Å²) < 4.78 is 4.98. The summed E-state index contributed by atoms with van der Waals surface area (Å²) in [6, 6.07) is 7.54. The molecule has 80 valence electrons. The Morgan fingerprint density at radius 1 is 1.47 bits per heavy atom. The maximum absolute atomic E-state index is 11.6. The maximum atomic E-state index is 11.6. The number of carbonyl (C=O) groups excluding carboxylic acids is 1. The van der Waals surface area contributed by atoms with E-state index in [2.05, 4.69) is 6.58 Å². The van der Waals surface area contributed by atoms with Crippen LogP contribution >= 0.6 is 0 Å². The summed E-state index contributed by atoms with van der Waals surface area (Å²) in [7, 11) is 0. The second-order valence-corrected chi connectivity index (χ2v) is 3.20. The molecule has 0 radical (unpaired) electrons. The lowest BCUT2D eigenvalue weighted by Gasteiger charge is -2.07. The van der Waals surface area contributed by atoms with E-state index in [1.54, 1.807) is 6.07 Å². The SMILES string of the molecule is C=CCCc1ccccc1C(=O)OCC. The van der Waals surface area contributed by atoms with Gasteiger partial charge >= 0.3 is 5.97 Å². The second kappa shape index (κ2) is 6.02. The Morgan fingerprint density at radius 2 is 2.20 bits per heavy atom. The number of hydrogen-bond acceptors (Lipinski definition) is 2. The van der Waals surface area contributed by atoms with Crippen LogP contribution in [0.1, 0.15) is 29.3 Å². The fourth-order valence-corrected chi connectivity index (χ4v) is 1.40. The van der Waals surface area contributed by atoms with E-state index < -0.39 is 0 Å². The third-order valence-corrected chi connectivity index (χ3v) is 2.13. The summed E-state index contributed by atoms with van der Waals surface area (Å²) in [6.45, 7) is 5.89. The Morgan fingerprint density at radius 3 is 2.87 bits per heavy atom. The lowest BCUT2D eigenvalue weighted by atomic mass is 10.0. The molecule has 0 amide bonds. The molecular formula is C13H16O2. The first kappa shape index (κ1) is 11.5. The van der Waals surface area contributed by atoms with Gasteiger partial charge in [-0.15, -0.1) is 6.58 Å². The van der Waals surface area contributed by atoms with Gasteiger partial charge in [-0.05, 0) is 31.4 Å². The van der Waals surface area contributed by atoms with Crippen molar-refractivity contribution in [3.63, 3.8) is 0 Å². The molecule has 0 saturated carbocycles. The Hall–Kier alpha value is -1.57. The molecule has 0 heterocycles. The molecular weight excluding hydrogens is 188 g/mol. The molecule has 0 aliphatic heterocycles. The van der Waals surface area contributed by atoms with Crippen molar-refractivity contribution >= 4 is 5.97 Å². The summed E-state index contributed by atoms with van der Waals surface area (Å²) >= 11 is 0. The van der Waals surface area contributed by atoms with E-state index in [0.29, 0.717) is 12.2 Å². The Kier molecular flexibility index (Phi) is 4.61. The van der Waals surface area contributed by atoms with Crippen LogP contribution in [0.5, 0.6) is 0 Å². The van der Waals surface area contributed by atoms with Crippen molar-refractivity contribution in [1.29, 1.82) is 0 Å². The van der Waals surface area contributed by atoms with Gasteiger partial charge < -0.3 is 4.74 Å². The number of benzene rings is 1. The molecule has 2 nitrogen and oxygen atoms in total. The summed E-state index contributed by atoms with van der Waals surface area (Å²) in [5.74, 6) is -0.239. The van der Waals surface area contributed by atoms with Crippen molar-refractivity contribution in [1.82, 2.24) is 0 Å². The first-order valence-corrected chi connectivity index (χ1v) is 5.15. The fraction of sp³-hybridized carbons (Fsp3) is 0.308.